The Bertz CT molecular complexity index is 482. The summed E-state index contributed by atoms with van der Waals surface area (Å²) in [6.07, 6.45) is 4.75. The van der Waals surface area contributed by atoms with Gasteiger partial charge in [-0.3, -0.25) is 4.90 Å². The molecular formula is C16H23Cl2FN2. The lowest BCUT2D eigenvalue weighted by molar-refractivity contribution is 0.0971. The predicted octanol–water partition coefficient (Wildman–Crippen LogP) is 4.66. The standard InChI is InChI=1S/C16H23Cl2FN2/c1-11(13-9-16(19)15(18)10-14(13)17)21-8-4-3-5-12(21)6-7-20-2/h9-12,20H,3-8H2,1-2H3. The fraction of sp³-hybridized carbons (Fsp3) is 0.625. The van der Waals surface area contributed by atoms with Crippen LogP contribution in [0.15, 0.2) is 12.1 Å². The zero-order valence-corrected chi connectivity index (χ0v) is 14.1. The molecule has 1 N–H and O–H groups in total. The van der Waals surface area contributed by atoms with E-state index >= 15 is 0 Å². The van der Waals surface area contributed by atoms with E-state index in [4.69, 9.17) is 23.2 Å². The number of nitrogens with zero attached hydrogens (tertiary/aromatic N) is 1. The number of likely N-dealkylation sites (tertiary alicyclic amines) is 1. The van der Waals surface area contributed by atoms with Gasteiger partial charge in [-0.25, -0.2) is 4.39 Å². The first kappa shape index (κ1) is 17.0. The zero-order valence-electron chi connectivity index (χ0n) is 12.6. The van der Waals surface area contributed by atoms with Crippen molar-refractivity contribution in [3.63, 3.8) is 0 Å². The molecule has 1 aliphatic heterocycles. The van der Waals surface area contributed by atoms with Crippen LogP contribution in [0.3, 0.4) is 0 Å². The first-order valence-electron chi connectivity index (χ1n) is 7.59. The van der Waals surface area contributed by atoms with E-state index in [2.05, 4.69) is 17.1 Å². The largest absolute Gasteiger partial charge is 0.320 e. The third-order valence-corrected chi connectivity index (χ3v) is 5.00. The Labute approximate surface area is 136 Å². The summed E-state index contributed by atoms with van der Waals surface area (Å²) in [7, 11) is 1.97. The Morgan fingerprint density at radius 1 is 1.33 bits per heavy atom. The van der Waals surface area contributed by atoms with Crippen LogP contribution in [0, 0.1) is 5.82 Å². The van der Waals surface area contributed by atoms with Crippen molar-refractivity contribution in [3.8, 4) is 0 Å². The van der Waals surface area contributed by atoms with Crippen LogP contribution in [0.5, 0.6) is 0 Å². The Balaban J connectivity index is 2.20. The molecule has 2 unspecified atom stereocenters. The number of benzene rings is 1. The summed E-state index contributed by atoms with van der Waals surface area (Å²) in [5, 5.41) is 3.84. The molecule has 5 heteroatoms. The van der Waals surface area contributed by atoms with Crippen LogP contribution < -0.4 is 5.32 Å². The lowest BCUT2D eigenvalue weighted by Gasteiger charge is -2.40. The van der Waals surface area contributed by atoms with Crippen LogP contribution in [-0.4, -0.2) is 31.1 Å². The van der Waals surface area contributed by atoms with Gasteiger partial charge in [-0.1, -0.05) is 29.6 Å². The average molecular weight is 333 g/mol. The number of hydrogen-bond acceptors (Lipinski definition) is 2. The number of halogens is 3. The van der Waals surface area contributed by atoms with Gasteiger partial charge in [-0.15, -0.1) is 0 Å². The van der Waals surface area contributed by atoms with E-state index < -0.39 is 5.82 Å². The molecule has 0 aliphatic carbocycles. The lowest BCUT2D eigenvalue weighted by Crippen LogP contribution is -2.42. The minimum absolute atomic E-state index is 0.0846. The molecule has 118 valence electrons. The summed E-state index contributed by atoms with van der Waals surface area (Å²) < 4.78 is 13.8. The third-order valence-electron chi connectivity index (χ3n) is 4.39. The predicted molar refractivity (Wildman–Crippen MR) is 87.7 cm³/mol. The van der Waals surface area contributed by atoms with Crippen molar-refractivity contribution in [3.05, 3.63) is 33.6 Å². The Morgan fingerprint density at radius 3 is 2.81 bits per heavy atom. The van der Waals surface area contributed by atoms with Crippen LogP contribution in [-0.2, 0) is 0 Å². The van der Waals surface area contributed by atoms with Crippen molar-refractivity contribution in [2.24, 2.45) is 0 Å². The van der Waals surface area contributed by atoms with Crippen molar-refractivity contribution < 1.29 is 4.39 Å². The topological polar surface area (TPSA) is 15.3 Å². The van der Waals surface area contributed by atoms with E-state index in [0.717, 1.165) is 25.1 Å². The molecule has 2 rings (SSSR count). The van der Waals surface area contributed by atoms with Gasteiger partial charge < -0.3 is 5.32 Å². The van der Waals surface area contributed by atoms with Gasteiger partial charge in [-0.2, -0.15) is 0 Å². The van der Waals surface area contributed by atoms with Gasteiger partial charge in [0.2, 0.25) is 0 Å². The summed E-state index contributed by atoms with van der Waals surface area (Å²) in [4.78, 5) is 2.45. The Hall–Kier alpha value is -0.350. The highest BCUT2D eigenvalue weighted by Gasteiger charge is 2.28. The van der Waals surface area contributed by atoms with E-state index in [1.807, 2.05) is 7.05 Å². The highest BCUT2D eigenvalue weighted by molar-refractivity contribution is 6.35. The van der Waals surface area contributed by atoms with Gasteiger partial charge in [0.1, 0.15) is 5.82 Å². The molecule has 1 saturated heterocycles. The monoisotopic (exact) mass is 332 g/mol. The van der Waals surface area contributed by atoms with Crippen molar-refractivity contribution in [2.45, 2.75) is 44.7 Å². The normalized spacial score (nSPS) is 21.5. The highest BCUT2D eigenvalue weighted by Crippen LogP contribution is 2.35. The van der Waals surface area contributed by atoms with E-state index in [1.165, 1.54) is 31.4 Å². The van der Waals surface area contributed by atoms with Crippen molar-refractivity contribution in [1.29, 1.82) is 0 Å². The molecule has 1 aromatic rings. The summed E-state index contributed by atoms with van der Waals surface area (Å²) in [6, 6.07) is 3.62. The zero-order chi connectivity index (χ0) is 15.4. The Kier molecular flexibility index (Phi) is 6.30. The summed E-state index contributed by atoms with van der Waals surface area (Å²) in [5.41, 5.74) is 0.829. The molecule has 0 saturated carbocycles. The molecule has 0 amide bonds. The highest BCUT2D eigenvalue weighted by atomic mass is 35.5. The van der Waals surface area contributed by atoms with Gasteiger partial charge in [0, 0.05) is 17.1 Å². The summed E-state index contributed by atoms with van der Waals surface area (Å²) in [6.45, 7) is 4.14. The maximum absolute atomic E-state index is 13.8. The van der Waals surface area contributed by atoms with E-state index in [-0.39, 0.29) is 11.1 Å². The molecule has 1 aliphatic rings. The molecule has 0 radical (unpaired) electrons. The molecule has 0 aromatic heterocycles. The maximum atomic E-state index is 13.8. The SMILES string of the molecule is CNCCC1CCCCN1C(C)c1cc(F)c(Cl)cc1Cl. The molecule has 21 heavy (non-hydrogen) atoms. The van der Waals surface area contributed by atoms with Gasteiger partial charge in [0.05, 0.1) is 5.02 Å². The van der Waals surface area contributed by atoms with Crippen LogP contribution in [0.4, 0.5) is 4.39 Å². The maximum Gasteiger partial charge on any atom is 0.142 e. The minimum Gasteiger partial charge on any atom is -0.320 e. The molecule has 1 heterocycles. The number of rotatable bonds is 5. The molecule has 0 spiro atoms. The van der Waals surface area contributed by atoms with Gasteiger partial charge in [0.15, 0.2) is 0 Å². The van der Waals surface area contributed by atoms with Gasteiger partial charge >= 0.3 is 0 Å². The summed E-state index contributed by atoms with van der Waals surface area (Å²) in [5.74, 6) is -0.397. The van der Waals surface area contributed by atoms with Crippen LogP contribution in [0.1, 0.15) is 44.2 Å². The molecule has 1 aromatic carbocycles. The first-order chi connectivity index (χ1) is 10.0. The lowest BCUT2D eigenvalue weighted by atomic mass is 9.95. The van der Waals surface area contributed by atoms with E-state index in [1.54, 1.807) is 0 Å². The molecule has 1 fully saturated rings. The summed E-state index contributed by atoms with van der Waals surface area (Å²) >= 11 is 12.1. The third kappa shape index (κ3) is 4.10. The van der Waals surface area contributed by atoms with Crippen molar-refractivity contribution in [1.82, 2.24) is 10.2 Å². The van der Waals surface area contributed by atoms with Crippen molar-refractivity contribution in [2.75, 3.05) is 20.1 Å². The second kappa shape index (κ2) is 7.77. The van der Waals surface area contributed by atoms with Gasteiger partial charge in [0.25, 0.3) is 0 Å². The molecule has 0 bridgehead atoms. The first-order valence-corrected chi connectivity index (χ1v) is 8.35. The molecule has 2 atom stereocenters. The van der Waals surface area contributed by atoms with E-state index in [9.17, 15) is 4.39 Å². The van der Waals surface area contributed by atoms with Crippen LogP contribution in [0.25, 0.3) is 0 Å². The van der Waals surface area contributed by atoms with Crippen molar-refractivity contribution >= 4 is 23.2 Å². The van der Waals surface area contributed by atoms with Crippen LogP contribution >= 0.6 is 23.2 Å². The number of piperidine rings is 1. The average Bonchev–Trinajstić information content (AvgIpc) is 2.48. The number of hydrogen-bond donors (Lipinski definition) is 1. The van der Waals surface area contributed by atoms with Gasteiger partial charge in [-0.05, 0) is 64.0 Å². The van der Waals surface area contributed by atoms with E-state index in [0.29, 0.717) is 11.1 Å². The smallest absolute Gasteiger partial charge is 0.142 e. The quantitative estimate of drug-likeness (QED) is 0.789. The molecule has 2 nitrogen and oxygen atoms in total. The second-order valence-corrected chi connectivity index (χ2v) is 6.56. The second-order valence-electron chi connectivity index (χ2n) is 5.74. The molecular weight excluding hydrogens is 310 g/mol. The fourth-order valence-corrected chi connectivity index (χ4v) is 3.73. The Morgan fingerprint density at radius 2 is 2.10 bits per heavy atom. The minimum atomic E-state index is -0.397. The fourth-order valence-electron chi connectivity index (χ4n) is 3.19. The van der Waals surface area contributed by atoms with Crippen LogP contribution in [0.2, 0.25) is 10.0 Å². The number of nitrogens with one attached hydrogen (secondary N) is 1.